The van der Waals surface area contributed by atoms with Crippen molar-refractivity contribution in [2.45, 2.75) is 19.4 Å². The highest BCUT2D eigenvalue weighted by atomic mass is 32.2. The largest absolute Gasteiger partial charge is 0.461 e. The molecule has 6 heteroatoms. The second kappa shape index (κ2) is 7.94. The maximum Gasteiger partial charge on any atom is 0.306 e. The Kier molecular flexibility index (Phi) is 6.46. The fourth-order valence-corrected chi connectivity index (χ4v) is 1.42. The summed E-state index contributed by atoms with van der Waals surface area (Å²) in [6, 6.07) is 9.36. The Morgan fingerprint density at radius 1 is 1.29 bits per heavy atom. The molecule has 0 spiro atoms. The summed E-state index contributed by atoms with van der Waals surface area (Å²) in [7, 11) is 0. The van der Waals surface area contributed by atoms with E-state index >= 15 is 0 Å². The molecule has 1 N–H and O–H groups in total. The van der Waals surface area contributed by atoms with Crippen molar-refractivity contribution in [3.63, 3.8) is 0 Å². The molecule has 0 radical (unpaired) electrons. The molecule has 0 aliphatic heterocycles. The number of hydrogen-bond donors (Lipinski definition) is 1. The Hall–Kier alpha value is -1.24. The van der Waals surface area contributed by atoms with Gasteiger partial charge >= 0.3 is 17.3 Å². The monoisotopic (exact) mass is 258 g/mol. The third-order valence-electron chi connectivity index (χ3n) is 1.95. The van der Waals surface area contributed by atoms with E-state index in [2.05, 4.69) is 4.18 Å². The lowest BCUT2D eigenvalue weighted by Gasteiger charge is -2.04. The predicted octanol–water partition coefficient (Wildman–Crippen LogP) is 1.66. The number of ether oxygens (including phenoxy) is 1. The zero-order valence-corrected chi connectivity index (χ0v) is 10.0. The molecule has 0 aliphatic rings. The molecule has 0 fully saturated rings. The highest BCUT2D eigenvalue weighted by Gasteiger charge is 2.03. The van der Waals surface area contributed by atoms with E-state index in [1.54, 1.807) is 0 Å². The lowest BCUT2D eigenvalue weighted by Crippen LogP contribution is -2.06. The first-order valence-electron chi connectivity index (χ1n) is 5.12. The molecule has 0 aliphatic carbocycles. The summed E-state index contributed by atoms with van der Waals surface area (Å²) in [5.74, 6) is -0.346. The minimum Gasteiger partial charge on any atom is -0.461 e. The van der Waals surface area contributed by atoms with Gasteiger partial charge in [-0.1, -0.05) is 30.3 Å². The molecule has 5 nitrogen and oxygen atoms in total. The Balaban J connectivity index is 2.11. The van der Waals surface area contributed by atoms with Crippen LogP contribution in [0.2, 0.25) is 0 Å². The maximum absolute atomic E-state index is 11.2. The van der Waals surface area contributed by atoms with E-state index in [4.69, 9.17) is 9.29 Å². The maximum atomic E-state index is 11.2. The fourth-order valence-electron chi connectivity index (χ4n) is 1.16. The molecule has 0 heterocycles. The SMILES string of the molecule is O=C(CCCOS(=O)O)OCc1ccccc1. The summed E-state index contributed by atoms with van der Waals surface area (Å²) in [4.78, 5) is 11.2. The van der Waals surface area contributed by atoms with Gasteiger partial charge in [-0.2, -0.15) is 4.21 Å². The molecule has 1 rings (SSSR count). The summed E-state index contributed by atoms with van der Waals surface area (Å²) in [5, 5.41) is 0. The molecule has 17 heavy (non-hydrogen) atoms. The van der Waals surface area contributed by atoms with Gasteiger partial charge in [-0.15, -0.1) is 0 Å². The second-order valence-electron chi connectivity index (χ2n) is 3.29. The van der Waals surface area contributed by atoms with Crippen LogP contribution in [0.3, 0.4) is 0 Å². The molecule has 94 valence electrons. The lowest BCUT2D eigenvalue weighted by molar-refractivity contribution is -0.145. The van der Waals surface area contributed by atoms with E-state index in [9.17, 15) is 9.00 Å². The van der Waals surface area contributed by atoms with Crippen LogP contribution < -0.4 is 0 Å². The quantitative estimate of drug-likeness (QED) is 0.457. The van der Waals surface area contributed by atoms with Gasteiger partial charge in [0.2, 0.25) is 0 Å². The normalized spacial score (nSPS) is 12.1. The van der Waals surface area contributed by atoms with Gasteiger partial charge in [0.15, 0.2) is 0 Å². The van der Waals surface area contributed by atoms with Crippen LogP contribution >= 0.6 is 0 Å². The summed E-state index contributed by atoms with van der Waals surface area (Å²) < 4.78 is 27.8. The van der Waals surface area contributed by atoms with Gasteiger partial charge in [0.25, 0.3) is 0 Å². The summed E-state index contributed by atoms with van der Waals surface area (Å²) >= 11 is -2.27. The van der Waals surface area contributed by atoms with Gasteiger partial charge < -0.3 is 4.74 Å². The van der Waals surface area contributed by atoms with E-state index in [1.165, 1.54) is 0 Å². The third kappa shape index (κ3) is 6.83. The van der Waals surface area contributed by atoms with Crippen LogP contribution in [0.25, 0.3) is 0 Å². The Labute approximate surface area is 102 Å². The first kappa shape index (κ1) is 13.8. The average Bonchev–Trinajstić information content (AvgIpc) is 2.33. The molecular formula is C11H14O5S. The van der Waals surface area contributed by atoms with Crippen molar-refractivity contribution in [3.8, 4) is 0 Å². The minimum atomic E-state index is -2.27. The number of rotatable bonds is 7. The molecule has 0 bridgehead atoms. The van der Waals surface area contributed by atoms with Gasteiger partial charge in [0.1, 0.15) is 6.61 Å². The Bertz CT molecular complexity index is 365. The van der Waals surface area contributed by atoms with Crippen LogP contribution in [-0.4, -0.2) is 21.3 Å². The fraction of sp³-hybridized carbons (Fsp3) is 0.364. The van der Waals surface area contributed by atoms with Gasteiger partial charge in [-0.05, 0) is 12.0 Å². The van der Waals surface area contributed by atoms with Gasteiger partial charge in [-0.3, -0.25) is 13.5 Å². The van der Waals surface area contributed by atoms with Gasteiger partial charge in [0.05, 0.1) is 6.61 Å². The number of esters is 1. The zero-order chi connectivity index (χ0) is 12.5. The highest BCUT2D eigenvalue weighted by Crippen LogP contribution is 2.02. The first-order valence-corrected chi connectivity index (χ1v) is 6.15. The van der Waals surface area contributed by atoms with E-state index in [1.807, 2.05) is 30.3 Å². The summed E-state index contributed by atoms with van der Waals surface area (Å²) in [6.07, 6.45) is 0.532. The number of benzene rings is 1. The summed E-state index contributed by atoms with van der Waals surface area (Å²) in [6.45, 7) is 0.302. The molecule has 0 aromatic heterocycles. The third-order valence-corrected chi connectivity index (χ3v) is 2.32. The van der Waals surface area contributed by atoms with Crippen molar-refractivity contribution in [1.82, 2.24) is 0 Å². The average molecular weight is 258 g/mol. The van der Waals surface area contributed by atoms with Crippen LogP contribution in [0.5, 0.6) is 0 Å². The number of carbonyl (C=O) groups is 1. The van der Waals surface area contributed by atoms with E-state index in [0.717, 1.165) is 5.56 Å². The molecule has 1 aromatic carbocycles. The predicted molar refractivity (Wildman–Crippen MR) is 62.2 cm³/mol. The standard InChI is InChI=1S/C11H14O5S/c12-11(7-4-8-16-17(13)14)15-9-10-5-2-1-3-6-10/h1-3,5-6H,4,7-9H2,(H,13,14). The smallest absolute Gasteiger partial charge is 0.306 e. The van der Waals surface area contributed by atoms with Crippen molar-refractivity contribution < 1.29 is 22.5 Å². The number of carbonyl (C=O) groups excluding carboxylic acids is 1. The van der Waals surface area contributed by atoms with Gasteiger partial charge in [-0.25, -0.2) is 0 Å². The molecule has 1 unspecified atom stereocenters. The van der Waals surface area contributed by atoms with Crippen LogP contribution in [0.15, 0.2) is 30.3 Å². The van der Waals surface area contributed by atoms with Gasteiger partial charge in [0, 0.05) is 6.42 Å². The van der Waals surface area contributed by atoms with E-state index < -0.39 is 11.4 Å². The number of hydrogen-bond acceptors (Lipinski definition) is 4. The molecule has 1 atom stereocenters. The Morgan fingerprint density at radius 2 is 2.00 bits per heavy atom. The van der Waals surface area contributed by atoms with Crippen LogP contribution in [-0.2, 0) is 31.7 Å². The van der Waals surface area contributed by atoms with Crippen molar-refractivity contribution in [3.05, 3.63) is 35.9 Å². The van der Waals surface area contributed by atoms with E-state index in [-0.39, 0.29) is 25.6 Å². The van der Waals surface area contributed by atoms with Crippen molar-refractivity contribution in [2.24, 2.45) is 0 Å². The second-order valence-corrected chi connectivity index (χ2v) is 3.96. The molecule has 0 amide bonds. The summed E-state index contributed by atoms with van der Waals surface area (Å²) in [5.41, 5.74) is 0.925. The van der Waals surface area contributed by atoms with Crippen molar-refractivity contribution in [2.75, 3.05) is 6.61 Å². The van der Waals surface area contributed by atoms with Crippen molar-refractivity contribution >= 4 is 17.3 Å². The lowest BCUT2D eigenvalue weighted by atomic mass is 10.2. The van der Waals surface area contributed by atoms with E-state index in [0.29, 0.717) is 6.42 Å². The van der Waals surface area contributed by atoms with Crippen LogP contribution in [0, 0.1) is 0 Å². The molecule has 0 saturated heterocycles. The first-order chi connectivity index (χ1) is 8.18. The molecular weight excluding hydrogens is 244 g/mol. The van der Waals surface area contributed by atoms with Crippen LogP contribution in [0.4, 0.5) is 0 Å². The van der Waals surface area contributed by atoms with Crippen molar-refractivity contribution in [1.29, 1.82) is 0 Å². The Morgan fingerprint density at radius 3 is 2.65 bits per heavy atom. The zero-order valence-electron chi connectivity index (χ0n) is 9.20. The topological polar surface area (TPSA) is 72.8 Å². The molecule has 0 saturated carbocycles. The highest BCUT2D eigenvalue weighted by molar-refractivity contribution is 7.74. The van der Waals surface area contributed by atoms with Crippen LogP contribution in [0.1, 0.15) is 18.4 Å². The molecule has 1 aromatic rings. The minimum absolute atomic E-state index is 0.0591.